The zero-order valence-corrected chi connectivity index (χ0v) is 18.9. The monoisotopic (exact) mass is 476 g/mol. The van der Waals surface area contributed by atoms with Crippen LogP contribution in [-0.4, -0.2) is 59.0 Å². The van der Waals surface area contributed by atoms with Crippen molar-refractivity contribution in [1.29, 1.82) is 0 Å². The zero-order valence-electron chi connectivity index (χ0n) is 16.5. The normalized spacial score (nSPS) is 17.7. The molecule has 0 aromatic heterocycles. The molecule has 1 unspecified atom stereocenters. The molecule has 1 heterocycles. The van der Waals surface area contributed by atoms with Gasteiger partial charge in [0, 0.05) is 52.1 Å². The van der Waals surface area contributed by atoms with Gasteiger partial charge in [-0.1, -0.05) is 6.07 Å². The smallest absolute Gasteiger partial charge is 0.191 e. The molecule has 1 aromatic carbocycles. The maximum Gasteiger partial charge on any atom is 0.191 e. The van der Waals surface area contributed by atoms with E-state index in [1.54, 1.807) is 21.3 Å². The first kappa shape index (κ1) is 22.8. The quantitative estimate of drug-likeness (QED) is 0.360. The van der Waals surface area contributed by atoms with Gasteiger partial charge in [0.15, 0.2) is 5.96 Å². The van der Waals surface area contributed by atoms with Crippen molar-refractivity contribution in [2.45, 2.75) is 25.9 Å². The molecule has 0 radical (unpaired) electrons. The van der Waals surface area contributed by atoms with Crippen molar-refractivity contribution in [2.24, 2.45) is 10.9 Å². The minimum Gasteiger partial charge on any atom is -0.497 e. The van der Waals surface area contributed by atoms with Crippen LogP contribution in [0.5, 0.6) is 5.75 Å². The number of guanidine groups is 1. The molecular weight excluding hydrogens is 443 g/mol. The molecule has 0 bridgehead atoms. The van der Waals surface area contributed by atoms with E-state index >= 15 is 0 Å². The van der Waals surface area contributed by atoms with Crippen molar-refractivity contribution in [2.75, 3.05) is 52.3 Å². The number of rotatable bonds is 7. The van der Waals surface area contributed by atoms with Crippen LogP contribution in [0.1, 0.15) is 20.3 Å². The molecule has 2 N–H and O–H groups in total. The lowest BCUT2D eigenvalue weighted by atomic mass is 10.1. The van der Waals surface area contributed by atoms with Gasteiger partial charge in [-0.3, -0.25) is 4.99 Å². The summed E-state index contributed by atoms with van der Waals surface area (Å²) in [6.45, 7) is 7.84. The van der Waals surface area contributed by atoms with E-state index in [0.29, 0.717) is 12.5 Å². The summed E-state index contributed by atoms with van der Waals surface area (Å²) in [6.07, 6.45) is 1.17. The van der Waals surface area contributed by atoms with E-state index in [9.17, 15) is 0 Å². The molecule has 0 amide bonds. The fourth-order valence-electron chi connectivity index (χ4n) is 2.87. The fourth-order valence-corrected chi connectivity index (χ4v) is 2.87. The summed E-state index contributed by atoms with van der Waals surface area (Å²) in [5.74, 6) is 2.33. The third kappa shape index (κ3) is 6.83. The van der Waals surface area contributed by atoms with Crippen LogP contribution in [0, 0.1) is 5.92 Å². The molecule has 2 rings (SSSR count). The molecule has 1 aliphatic rings. The van der Waals surface area contributed by atoms with Crippen LogP contribution in [0.15, 0.2) is 29.3 Å². The van der Waals surface area contributed by atoms with Gasteiger partial charge in [-0.15, -0.1) is 24.0 Å². The number of hydrogen-bond acceptors (Lipinski definition) is 4. The molecule has 1 atom stereocenters. The first-order valence-electron chi connectivity index (χ1n) is 8.86. The minimum atomic E-state index is -0.214. The zero-order chi connectivity index (χ0) is 18.3. The number of hydrogen-bond donors (Lipinski definition) is 2. The van der Waals surface area contributed by atoms with E-state index in [0.717, 1.165) is 31.3 Å². The Bertz CT molecular complexity index is 580. The molecular formula is C19H33IN4O2. The number of anilines is 1. The van der Waals surface area contributed by atoms with Gasteiger partial charge >= 0.3 is 0 Å². The number of ether oxygens (including phenoxy) is 2. The van der Waals surface area contributed by atoms with Gasteiger partial charge in [-0.2, -0.15) is 0 Å². The number of aliphatic imine (C=N–C) groups is 1. The van der Waals surface area contributed by atoms with E-state index in [4.69, 9.17) is 9.47 Å². The topological polar surface area (TPSA) is 58.1 Å². The highest BCUT2D eigenvalue weighted by Gasteiger charge is 2.23. The molecule has 0 spiro atoms. The van der Waals surface area contributed by atoms with Gasteiger partial charge in [-0.25, -0.2) is 0 Å². The molecule has 1 fully saturated rings. The van der Waals surface area contributed by atoms with Crippen molar-refractivity contribution in [3.63, 3.8) is 0 Å². The van der Waals surface area contributed by atoms with Crippen molar-refractivity contribution in [3.05, 3.63) is 24.3 Å². The lowest BCUT2D eigenvalue weighted by Gasteiger charge is -2.25. The average Bonchev–Trinajstić information content (AvgIpc) is 3.11. The van der Waals surface area contributed by atoms with E-state index < -0.39 is 0 Å². The fraction of sp³-hybridized carbons (Fsp3) is 0.632. The Morgan fingerprint density at radius 3 is 2.73 bits per heavy atom. The van der Waals surface area contributed by atoms with Gasteiger partial charge in [0.2, 0.25) is 0 Å². The highest BCUT2D eigenvalue weighted by atomic mass is 127. The minimum absolute atomic E-state index is 0. The number of nitrogens with zero attached hydrogens (tertiary/aromatic N) is 2. The van der Waals surface area contributed by atoms with Crippen LogP contribution < -0.4 is 20.3 Å². The Kier molecular flexibility index (Phi) is 9.49. The molecule has 26 heavy (non-hydrogen) atoms. The molecule has 0 saturated carbocycles. The number of methoxy groups -OCH3 is 2. The summed E-state index contributed by atoms with van der Waals surface area (Å²) in [5, 5.41) is 6.76. The third-order valence-electron chi connectivity index (χ3n) is 4.72. The first-order valence-corrected chi connectivity index (χ1v) is 8.86. The van der Waals surface area contributed by atoms with Gasteiger partial charge < -0.3 is 25.0 Å². The molecule has 1 saturated heterocycles. The van der Waals surface area contributed by atoms with Crippen molar-refractivity contribution in [1.82, 2.24) is 10.6 Å². The molecule has 148 valence electrons. The van der Waals surface area contributed by atoms with Gasteiger partial charge in [0.1, 0.15) is 5.75 Å². The number of nitrogens with one attached hydrogen (secondary N) is 2. The predicted molar refractivity (Wildman–Crippen MR) is 119 cm³/mol. The second kappa shape index (κ2) is 10.8. The standard InChI is InChI=1S/C19H32N4O2.HI/c1-19(2,25-5)14-22-18(20-3)21-12-15-9-10-23(13-15)16-7-6-8-17(11-16)24-4;/h6-8,11,15H,9-10,12-14H2,1-5H3,(H2,20,21,22);1H. The Morgan fingerprint density at radius 1 is 1.31 bits per heavy atom. The summed E-state index contributed by atoms with van der Waals surface area (Å²) in [5.41, 5.74) is 1.01. The molecule has 1 aliphatic heterocycles. The summed E-state index contributed by atoms with van der Waals surface area (Å²) in [7, 11) is 5.23. The maximum atomic E-state index is 5.43. The molecule has 7 heteroatoms. The lowest BCUT2D eigenvalue weighted by molar-refractivity contribution is 0.0268. The van der Waals surface area contributed by atoms with Crippen LogP contribution in [-0.2, 0) is 4.74 Å². The Balaban J connectivity index is 0.00000338. The first-order chi connectivity index (χ1) is 12.0. The van der Waals surface area contributed by atoms with Crippen LogP contribution in [0.25, 0.3) is 0 Å². The van der Waals surface area contributed by atoms with Crippen LogP contribution in [0.4, 0.5) is 5.69 Å². The SMILES string of the molecule is CN=C(NCC1CCN(c2cccc(OC)c2)C1)NCC(C)(C)OC.I. The van der Waals surface area contributed by atoms with E-state index in [-0.39, 0.29) is 29.6 Å². The third-order valence-corrected chi connectivity index (χ3v) is 4.72. The van der Waals surface area contributed by atoms with Crippen LogP contribution in [0.2, 0.25) is 0 Å². The summed E-state index contributed by atoms with van der Waals surface area (Å²) in [6, 6.07) is 8.27. The summed E-state index contributed by atoms with van der Waals surface area (Å²) in [4.78, 5) is 6.71. The Morgan fingerprint density at radius 2 is 2.08 bits per heavy atom. The lowest BCUT2D eigenvalue weighted by Crippen LogP contribution is -2.46. The largest absolute Gasteiger partial charge is 0.497 e. The second-order valence-corrected chi connectivity index (χ2v) is 7.07. The average molecular weight is 476 g/mol. The second-order valence-electron chi connectivity index (χ2n) is 7.07. The highest BCUT2D eigenvalue weighted by molar-refractivity contribution is 14.0. The van der Waals surface area contributed by atoms with Crippen molar-refractivity contribution in [3.8, 4) is 5.75 Å². The predicted octanol–water partition coefficient (Wildman–Crippen LogP) is 2.73. The molecule has 1 aromatic rings. The van der Waals surface area contributed by atoms with E-state index in [1.165, 1.54) is 12.1 Å². The maximum absolute atomic E-state index is 5.43. The van der Waals surface area contributed by atoms with Gasteiger partial charge in [0.25, 0.3) is 0 Å². The molecule has 0 aliphatic carbocycles. The Labute approximate surface area is 174 Å². The van der Waals surface area contributed by atoms with Crippen LogP contribution >= 0.6 is 24.0 Å². The van der Waals surface area contributed by atoms with Gasteiger partial charge in [-0.05, 0) is 38.3 Å². The Hall–Kier alpha value is -1.22. The summed E-state index contributed by atoms with van der Waals surface area (Å²) >= 11 is 0. The van der Waals surface area contributed by atoms with Crippen molar-refractivity contribution < 1.29 is 9.47 Å². The van der Waals surface area contributed by atoms with Gasteiger partial charge in [0.05, 0.1) is 12.7 Å². The van der Waals surface area contributed by atoms with E-state index in [2.05, 4.69) is 46.5 Å². The van der Waals surface area contributed by atoms with E-state index in [1.807, 2.05) is 12.1 Å². The van der Waals surface area contributed by atoms with Crippen LogP contribution in [0.3, 0.4) is 0 Å². The van der Waals surface area contributed by atoms with Crippen molar-refractivity contribution >= 4 is 35.6 Å². The summed E-state index contributed by atoms with van der Waals surface area (Å²) < 4.78 is 10.8. The number of benzene rings is 1. The highest BCUT2D eigenvalue weighted by Crippen LogP contribution is 2.26. The molecule has 6 nitrogen and oxygen atoms in total. The number of halogens is 1.